The smallest absolute Gasteiger partial charge is 0.283 e. The maximum atomic E-state index is 13.1. The summed E-state index contributed by atoms with van der Waals surface area (Å²) in [5.74, 6) is -0.217. The number of ether oxygens (including phenoxy) is 1. The van der Waals surface area contributed by atoms with E-state index >= 15 is 0 Å². The number of nitrogens with zero attached hydrogens (tertiary/aromatic N) is 3. The number of hydrogen-bond acceptors (Lipinski definition) is 5. The number of aliphatic imine (C=N–C) groups is 1. The van der Waals surface area contributed by atoms with Crippen molar-refractivity contribution < 1.29 is 13.9 Å². The van der Waals surface area contributed by atoms with Gasteiger partial charge in [0.2, 0.25) is 5.17 Å². The van der Waals surface area contributed by atoms with Gasteiger partial charge in [0.25, 0.3) is 5.91 Å². The summed E-state index contributed by atoms with van der Waals surface area (Å²) in [6, 6.07) is 22.9. The van der Waals surface area contributed by atoms with Gasteiger partial charge in [0.15, 0.2) is 5.84 Å². The first-order valence-electron chi connectivity index (χ1n) is 10.1. The van der Waals surface area contributed by atoms with E-state index in [9.17, 15) is 9.18 Å². The minimum atomic E-state index is -0.485. The molecular formula is C25H17FN4O2S. The minimum Gasteiger partial charge on any atom is -0.489 e. The molecular weight excluding hydrogens is 439 g/mol. The molecule has 3 aromatic carbocycles. The number of amides is 1. The van der Waals surface area contributed by atoms with E-state index in [1.807, 2.05) is 36.4 Å². The molecule has 6 nitrogen and oxygen atoms in total. The van der Waals surface area contributed by atoms with Crippen LogP contribution in [0.25, 0.3) is 6.08 Å². The summed E-state index contributed by atoms with van der Waals surface area (Å²) in [5, 5.41) is 15.5. The second-order valence-electron chi connectivity index (χ2n) is 7.28. The third-order valence-corrected chi connectivity index (χ3v) is 5.92. The third kappa shape index (κ3) is 4.47. The zero-order chi connectivity index (χ0) is 22.8. The lowest BCUT2D eigenvalue weighted by Crippen LogP contribution is -2.35. The number of halogens is 1. The maximum absolute atomic E-state index is 13.1. The van der Waals surface area contributed by atoms with E-state index in [2.05, 4.69) is 10.1 Å². The van der Waals surface area contributed by atoms with Crippen molar-refractivity contribution in [2.24, 2.45) is 10.1 Å². The molecule has 0 saturated heterocycles. The molecule has 1 amide bonds. The summed E-state index contributed by atoms with van der Waals surface area (Å²) >= 11 is 1.26. The molecule has 0 unspecified atom stereocenters. The molecule has 2 aliphatic heterocycles. The van der Waals surface area contributed by atoms with Crippen LogP contribution in [0, 0.1) is 11.2 Å². The number of amidine groups is 2. The highest BCUT2D eigenvalue weighted by Crippen LogP contribution is 2.31. The normalized spacial score (nSPS) is 16.5. The molecule has 5 rings (SSSR count). The van der Waals surface area contributed by atoms with Gasteiger partial charge in [0.1, 0.15) is 23.2 Å². The lowest BCUT2D eigenvalue weighted by molar-refractivity contribution is -0.114. The minimum absolute atomic E-state index is 0.0268. The predicted octanol–water partition coefficient (Wildman–Crippen LogP) is 5.07. The molecule has 0 aliphatic carbocycles. The van der Waals surface area contributed by atoms with Gasteiger partial charge >= 0.3 is 0 Å². The highest BCUT2D eigenvalue weighted by atomic mass is 32.2. The quantitative estimate of drug-likeness (QED) is 0.544. The Hall–Kier alpha value is -4.04. The van der Waals surface area contributed by atoms with Crippen molar-refractivity contribution >= 4 is 39.8 Å². The highest BCUT2D eigenvalue weighted by molar-refractivity contribution is 8.27. The molecule has 0 radical (unpaired) electrons. The Morgan fingerprint density at radius 2 is 1.82 bits per heavy atom. The van der Waals surface area contributed by atoms with Gasteiger partial charge in [-0.05, 0) is 53.2 Å². The zero-order valence-corrected chi connectivity index (χ0v) is 18.1. The fourth-order valence-corrected chi connectivity index (χ4v) is 4.19. The number of thioether (sulfide) groups is 1. The number of nitrogens with one attached hydrogen (secondary N) is 1. The van der Waals surface area contributed by atoms with Gasteiger partial charge < -0.3 is 4.74 Å². The van der Waals surface area contributed by atoms with Crippen molar-refractivity contribution in [3.8, 4) is 5.75 Å². The average Bonchev–Trinajstić information content (AvgIpc) is 3.26. The molecule has 0 atom stereocenters. The SMILES string of the molecule is N=C1/C(=C/c2cccc(OCc3ccc(F)cc3)c2)C(=O)N=C2SC(c3ccccc3)=NN12. The number of benzene rings is 3. The van der Waals surface area contributed by atoms with E-state index < -0.39 is 5.91 Å². The summed E-state index contributed by atoms with van der Waals surface area (Å²) in [5.41, 5.74) is 2.58. The van der Waals surface area contributed by atoms with Gasteiger partial charge in [-0.2, -0.15) is 15.1 Å². The van der Waals surface area contributed by atoms with Gasteiger partial charge in [-0.3, -0.25) is 10.2 Å². The van der Waals surface area contributed by atoms with E-state index in [1.54, 1.807) is 36.4 Å². The van der Waals surface area contributed by atoms with Crippen LogP contribution in [0.5, 0.6) is 5.75 Å². The van der Waals surface area contributed by atoms with Crippen LogP contribution in [0.3, 0.4) is 0 Å². The van der Waals surface area contributed by atoms with Gasteiger partial charge in [-0.15, -0.1) is 0 Å². The molecule has 2 aliphatic rings. The number of hydrazone groups is 1. The van der Waals surface area contributed by atoms with Crippen LogP contribution in [-0.2, 0) is 11.4 Å². The Bertz CT molecular complexity index is 1330. The van der Waals surface area contributed by atoms with E-state index in [-0.39, 0.29) is 23.8 Å². The van der Waals surface area contributed by atoms with Gasteiger partial charge in [-0.1, -0.05) is 54.6 Å². The lowest BCUT2D eigenvalue weighted by atomic mass is 10.1. The van der Waals surface area contributed by atoms with E-state index in [0.29, 0.717) is 21.5 Å². The Morgan fingerprint density at radius 1 is 1.03 bits per heavy atom. The van der Waals surface area contributed by atoms with Crippen molar-refractivity contribution in [2.75, 3.05) is 0 Å². The Morgan fingerprint density at radius 3 is 2.61 bits per heavy atom. The fraction of sp³-hybridized carbons (Fsp3) is 0.0400. The summed E-state index contributed by atoms with van der Waals surface area (Å²) in [7, 11) is 0. The van der Waals surface area contributed by atoms with Crippen molar-refractivity contribution in [1.82, 2.24) is 5.01 Å². The predicted molar refractivity (Wildman–Crippen MR) is 128 cm³/mol. The van der Waals surface area contributed by atoms with E-state index in [4.69, 9.17) is 10.1 Å². The topological polar surface area (TPSA) is 78.1 Å². The highest BCUT2D eigenvalue weighted by Gasteiger charge is 2.35. The summed E-state index contributed by atoms with van der Waals surface area (Å²) in [6.07, 6.45) is 1.61. The second kappa shape index (κ2) is 8.84. The molecule has 0 saturated carbocycles. The number of carbonyl (C=O) groups excluding carboxylic acids is 1. The monoisotopic (exact) mass is 456 g/mol. The van der Waals surface area contributed by atoms with Gasteiger partial charge in [-0.25, -0.2) is 4.39 Å². The summed E-state index contributed by atoms with van der Waals surface area (Å²) < 4.78 is 18.9. The fourth-order valence-electron chi connectivity index (χ4n) is 3.30. The Kier molecular flexibility index (Phi) is 5.58. The molecule has 2 heterocycles. The molecule has 0 fully saturated rings. The van der Waals surface area contributed by atoms with Crippen LogP contribution in [0.1, 0.15) is 16.7 Å². The second-order valence-corrected chi connectivity index (χ2v) is 8.23. The zero-order valence-electron chi connectivity index (χ0n) is 17.2. The molecule has 3 aromatic rings. The maximum Gasteiger partial charge on any atom is 0.283 e. The van der Waals surface area contributed by atoms with Crippen molar-refractivity contribution in [3.05, 3.63) is 107 Å². The molecule has 8 heteroatoms. The number of hydrogen-bond donors (Lipinski definition) is 1. The first-order valence-corrected chi connectivity index (χ1v) is 10.9. The molecule has 1 N–H and O–H groups in total. The standard InChI is InChI=1S/C25H17FN4O2S/c26-19-11-9-16(10-12-19)15-32-20-8-4-5-17(13-20)14-21-22(27)30-25(28-23(21)31)33-24(29-30)18-6-2-1-3-7-18/h1-14,27H,15H2/b21-14-,27-22?. The average molecular weight is 457 g/mol. The molecule has 0 bridgehead atoms. The van der Waals surface area contributed by atoms with Crippen LogP contribution >= 0.6 is 11.8 Å². The van der Waals surface area contributed by atoms with Crippen molar-refractivity contribution in [3.63, 3.8) is 0 Å². The lowest BCUT2D eigenvalue weighted by Gasteiger charge is -2.20. The first-order chi connectivity index (χ1) is 16.1. The number of carbonyl (C=O) groups is 1. The molecule has 0 aromatic heterocycles. The number of rotatable bonds is 5. The van der Waals surface area contributed by atoms with Crippen LogP contribution in [0.4, 0.5) is 4.39 Å². The summed E-state index contributed by atoms with van der Waals surface area (Å²) in [4.78, 5) is 16.8. The molecule has 33 heavy (non-hydrogen) atoms. The van der Waals surface area contributed by atoms with Crippen molar-refractivity contribution in [1.29, 1.82) is 5.41 Å². The van der Waals surface area contributed by atoms with E-state index in [0.717, 1.165) is 11.1 Å². The van der Waals surface area contributed by atoms with Crippen LogP contribution in [0.2, 0.25) is 0 Å². The van der Waals surface area contributed by atoms with Crippen LogP contribution in [0.15, 0.2) is 94.5 Å². The van der Waals surface area contributed by atoms with Crippen LogP contribution in [-0.4, -0.2) is 27.0 Å². The van der Waals surface area contributed by atoms with E-state index in [1.165, 1.54) is 28.9 Å². The molecule has 0 spiro atoms. The largest absolute Gasteiger partial charge is 0.489 e. The molecule has 162 valence electrons. The third-order valence-electron chi connectivity index (χ3n) is 4.96. The Balaban J connectivity index is 1.36. The summed E-state index contributed by atoms with van der Waals surface area (Å²) in [6.45, 7) is 0.282. The van der Waals surface area contributed by atoms with Crippen LogP contribution < -0.4 is 4.74 Å². The van der Waals surface area contributed by atoms with Gasteiger partial charge in [0.05, 0.1) is 5.57 Å². The van der Waals surface area contributed by atoms with Crippen molar-refractivity contribution in [2.45, 2.75) is 6.61 Å². The first kappa shape index (κ1) is 20.8. The number of fused-ring (bicyclic) bond motifs is 1. The Labute approximate surface area is 193 Å². The van der Waals surface area contributed by atoms with Gasteiger partial charge in [0, 0.05) is 5.56 Å².